The molecular formula is C20H21N3. The van der Waals surface area contributed by atoms with Gasteiger partial charge in [-0.2, -0.15) is 5.26 Å². The molecule has 0 spiro atoms. The summed E-state index contributed by atoms with van der Waals surface area (Å²) in [5.74, 6) is 0. The molecule has 0 aromatic heterocycles. The highest BCUT2D eigenvalue weighted by molar-refractivity contribution is 5.32. The molecule has 3 nitrogen and oxygen atoms in total. The summed E-state index contributed by atoms with van der Waals surface area (Å²) in [6.45, 7) is 3.89. The zero-order valence-corrected chi connectivity index (χ0v) is 13.2. The average molecular weight is 303 g/mol. The Balaban J connectivity index is 1.81. The predicted molar refractivity (Wildman–Crippen MR) is 92.6 cm³/mol. The zero-order chi connectivity index (χ0) is 15.9. The van der Waals surface area contributed by atoms with E-state index in [1.54, 1.807) is 6.08 Å². The molecule has 0 aliphatic carbocycles. The van der Waals surface area contributed by atoms with E-state index in [1.807, 2.05) is 6.20 Å². The minimum Gasteiger partial charge on any atom is -0.374 e. The molecule has 1 saturated heterocycles. The average Bonchev–Trinajstić information content (AvgIpc) is 2.63. The molecule has 1 aliphatic rings. The van der Waals surface area contributed by atoms with Crippen molar-refractivity contribution in [3.63, 3.8) is 0 Å². The zero-order valence-electron chi connectivity index (χ0n) is 13.2. The van der Waals surface area contributed by atoms with Crippen molar-refractivity contribution in [2.24, 2.45) is 0 Å². The first kappa shape index (κ1) is 15.3. The van der Waals surface area contributed by atoms with Crippen LogP contribution < -0.4 is 0 Å². The maximum absolute atomic E-state index is 8.66. The van der Waals surface area contributed by atoms with Crippen molar-refractivity contribution in [1.82, 2.24) is 9.80 Å². The molecule has 1 heterocycles. The lowest BCUT2D eigenvalue weighted by Crippen LogP contribution is -2.45. The fourth-order valence-corrected chi connectivity index (χ4v) is 3.17. The SMILES string of the molecule is N#CC=CN1CCN(C(c2ccccc2)c2ccccc2)CC1. The summed E-state index contributed by atoms with van der Waals surface area (Å²) < 4.78 is 0. The van der Waals surface area contributed by atoms with Crippen LogP contribution in [0.3, 0.4) is 0 Å². The number of hydrogen-bond acceptors (Lipinski definition) is 3. The molecule has 2 aromatic carbocycles. The van der Waals surface area contributed by atoms with E-state index in [1.165, 1.54) is 11.1 Å². The first-order valence-corrected chi connectivity index (χ1v) is 8.03. The van der Waals surface area contributed by atoms with Crippen molar-refractivity contribution in [2.45, 2.75) is 6.04 Å². The lowest BCUT2D eigenvalue weighted by molar-refractivity contribution is 0.139. The summed E-state index contributed by atoms with van der Waals surface area (Å²) in [5.41, 5.74) is 2.67. The van der Waals surface area contributed by atoms with Gasteiger partial charge in [-0.15, -0.1) is 0 Å². The third-order valence-electron chi connectivity index (χ3n) is 4.30. The predicted octanol–water partition coefficient (Wildman–Crippen LogP) is 3.43. The molecule has 0 unspecified atom stereocenters. The van der Waals surface area contributed by atoms with Crippen LogP contribution in [-0.4, -0.2) is 36.0 Å². The normalized spacial score (nSPS) is 15.9. The Kier molecular flexibility index (Phi) is 5.08. The number of nitriles is 1. The van der Waals surface area contributed by atoms with E-state index in [-0.39, 0.29) is 0 Å². The largest absolute Gasteiger partial charge is 0.374 e. The quantitative estimate of drug-likeness (QED) is 0.811. The summed E-state index contributed by atoms with van der Waals surface area (Å²) in [5, 5.41) is 8.66. The highest BCUT2D eigenvalue weighted by Gasteiger charge is 2.25. The Bertz CT molecular complexity index is 626. The maximum atomic E-state index is 8.66. The molecule has 23 heavy (non-hydrogen) atoms. The number of nitrogens with zero attached hydrogens (tertiary/aromatic N) is 3. The summed E-state index contributed by atoms with van der Waals surface area (Å²) >= 11 is 0. The van der Waals surface area contributed by atoms with Gasteiger partial charge in [-0.25, -0.2) is 0 Å². The molecule has 0 saturated carbocycles. The van der Waals surface area contributed by atoms with Gasteiger partial charge >= 0.3 is 0 Å². The number of rotatable bonds is 4. The second-order valence-corrected chi connectivity index (χ2v) is 5.74. The minimum atomic E-state index is 0.291. The molecule has 0 radical (unpaired) electrons. The van der Waals surface area contributed by atoms with Crippen LogP contribution in [-0.2, 0) is 0 Å². The molecule has 3 rings (SSSR count). The lowest BCUT2D eigenvalue weighted by Gasteiger charge is -2.39. The molecule has 0 atom stereocenters. The van der Waals surface area contributed by atoms with Crippen molar-refractivity contribution < 1.29 is 0 Å². The van der Waals surface area contributed by atoms with Gasteiger partial charge in [0.15, 0.2) is 0 Å². The number of allylic oxidation sites excluding steroid dienone is 1. The standard InChI is InChI=1S/C20H21N3/c21-12-7-13-22-14-16-23(17-15-22)20(18-8-3-1-4-9-18)19-10-5-2-6-11-19/h1-11,13,20H,14-17H2. The van der Waals surface area contributed by atoms with Crippen LogP contribution in [0.5, 0.6) is 0 Å². The molecule has 116 valence electrons. The molecule has 0 bridgehead atoms. The summed E-state index contributed by atoms with van der Waals surface area (Å²) in [7, 11) is 0. The topological polar surface area (TPSA) is 30.3 Å². The van der Waals surface area contributed by atoms with E-state index in [4.69, 9.17) is 5.26 Å². The summed E-state index contributed by atoms with van der Waals surface area (Å²) in [6, 6.07) is 23.8. The first-order chi connectivity index (χ1) is 11.4. The van der Waals surface area contributed by atoms with Crippen LogP contribution in [0.15, 0.2) is 72.9 Å². The Morgan fingerprint density at radius 3 is 1.83 bits per heavy atom. The van der Waals surface area contributed by atoms with E-state index < -0.39 is 0 Å². The van der Waals surface area contributed by atoms with Gasteiger partial charge in [0.2, 0.25) is 0 Å². The van der Waals surface area contributed by atoms with E-state index in [2.05, 4.69) is 76.5 Å². The number of piperazine rings is 1. The number of hydrogen-bond donors (Lipinski definition) is 0. The van der Waals surface area contributed by atoms with Gasteiger partial charge in [-0.1, -0.05) is 60.7 Å². The van der Waals surface area contributed by atoms with Crippen molar-refractivity contribution in [3.8, 4) is 6.07 Å². The molecule has 3 heteroatoms. The number of benzene rings is 2. The Morgan fingerprint density at radius 1 is 0.826 bits per heavy atom. The monoisotopic (exact) mass is 303 g/mol. The van der Waals surface area contributed by atoms with E-state index >= 15 is 0 Å². The Hall–Kier alpha value is -2.57. The van der Waals surface area contributed by atoms with Gasteiger partial charge < -0.3 is 4.90 Å². The van der Waals surface area contributed by atoms with Crippen molar-refractivity contribution >= 4 is 0 Å². The van der Waals surface area contributed by atoms with Gasteiger partial charge in [0.25, 0.3) is 0 Å². The third kappa shape index (κ3) is 3.80. The molecule has 2 aromatic rings. The fourth-order valence-electron chi connectivity index (χ4n) is 3.17. The van der Waals surface area contributed by atoms with Crippen LogP contribution in [0.1, 0.15) is 17.2 Å². The van der Waals surface area contributed by atoms with Gasteiger partial charge in [0.05, 0.1) is 12.1 Å². The van der Waals surface area contributed by atoms with E-state index in [0.717, 1.165) is 26.2 Å². The van der Waals surface area contributed by atoms with Crippen molar-refractivity contribution in [3.05, 3.63) is 84.1 Å². The van der Waals surface area contributed by atoms with Crippen LogP contribution in [0.2, 0.25) is 0 Å². The van der Waals surface area contributed by atoms with E-state index in [9.17, 15) is 0 Å². The molecule has 0 N–H and O–H groups in total. The Morgan fingerprint density at radius 2 is 1.35 bits per heavy atom. The highest BCUT2D eigenvalue weighted by Crippen LogP contribution is 2.29. The van der Waals surface area contributed by atoms with Crippen molar-refractivity contribution in [1.29, 1.82) is 5.26 Å². The second kappa shape index (κ2) is 7.62. The Labute approximate surface area is 138 Å². The van der Waals surface area contributed by atoms with Gasteiger partial charge in [0.1, 0.15) is 0 Å². The van der Waals surface area contributed by atoms with Crippen LogP contribution in [0.25, 0.3) is 0 Å². The fraction of sp³-hybridized carbons (Fsp3) is 0.250. The smallest absolute Gasteiger partial charge is 0.0927 e. The van der Waals surface area contributed by atoms with Gasteiger partial charge in [-0.3, -0.25) is 4.90 Å². The molecule has 0 amide bonds. The molecule has 1 fully saturated rings. The van der Waals surface area contributed by atoms with Crippen molar-refractivity contribution in [2.75, 3.05) is 26.2 Å². The summed E-state index contributed by atoms with van der Waals surface area (Å²) in [6.07, 6.45) is 3.46. The second-order valence-electron chi connectivity index (χ2n) is 5.74. The maximum Gasteiger partial charge on any atom is 0.0927 e. The van der Waals surface area contributed by atoms with Crippen LogP contribution >= 0.6 is 0 Å². The summed E-state index contributed by atoms with van der Waals surface area (Å²) in [4.78, 5) is 4.74. The highest BCUT2D eigenvalue weighted by atomic mass is 15.3. The van der Waals surface area contributed by atoms with E-state index in [0.29, 0.717) is 6.04 Å². The molecule has 1 aliphatic heterocycles. The first-order valence-electron chi connectivity index (χ1n) is 8.03. The third-order valence-corrected chi connectivity index (χ3v) is 4.30. The van der Waals surface area contributed by atoms with Gasteiger partial charge in [0, 0.05) is 38.5 Å². The van der Waals surface area contributed by atoms with Crippen LogP contribution in [0, 0.1) is 11.3 Å². The van der Waals surface area contributed by atoms with Gasteiger partial charge in [-0.05, 0) is 11.1 Å². The molecular weight excluding hydrogens is 282 g/mol. The lowest BCUT2D eigenvalue weighted by atomic mass is 9.96. The minimum absolute atomic E-state index is 0.291. The van der Waals surface area contributed by atoms with Crippen LogP contribution in [0.4, 0.5) is 0 Å².